The number of unbranched alkanes of at least 4 members (excludes halogenated alkanes) is 5. The second-order valence-corrected chi connectivity index (χ2v) is 8.15. The Bertz CT molecular complexity index is 495. The molecular formula is C23H38O4. The number of aliphatic carboxylic acids is 1. The standard InChI is InChI=1S/C23H38O4/c1-3-4-5-6-9-12-19(24)15-16-20-18(2)17-22(25)21(20)13-10-7-8-11-14-23(26)27/h7,10,18,20-21H,3-6,8-9,11-17H2,1-2H3,(H,26,27)/t18-,20-,21+/m0/s1. The van der Waals surface area contributed by atoms with Crippen LogP contribution in [0.15, 0.2) is 12.2 Å². The van der Waals surface area contributed by atoms with E-state index in [2.05, 4.69) is 13.8 Å². The van der Waals surface area contributed by atoms with Crippen LogP contribution in [0.1, 0.15) is 97.3 Å². The molecule has 0 aromatic heterocycles. The van der Waals surface area contributed by atoms with Gasteiger partial charge in [-0.25, -0.2) is 0 Å². The van der Waals surface area contributed by atoms with Gasteiger partial charge in [0.2, 0.25) is 0 Å². The quantitative estimate of drug-likeness (QED) is 0.291. The number of hydrogen-bond donors (Lipinski definition) is 1. The Morgan fingerprint density at radius 2 is 1.78 bits per heavy atom. The monoisotopic (exact) mass is 378 g/mol. The predicted molar refractivity (Wildman–Crippen MR) is 109 cm³/mol. The van der Waals surface area contributed by atoms with Gasteiger partial charge in [0.05, 0.1) is 0 Å². The van der Waals surface area contributed by atoms with E-state index in [1.54, 1.807) is 0 Å². The fourth-order valence-electron chi connectivity index (χ4n) is 4.16. The third kappa shape index (κ3) is 9.88. The van der Waals surface area contributed by atoms with Crippen LogP contribution in [0.5, 0.6) is 0 Å². The van der Waals surface area contributed by atoms with Gasteiger partial charge in [-0.15, -0.1) is 0 Å². The van der Waals surface area contributed by atoms with Crippen LogP contribution in [0.2, 0.25) is 0 Å². The van der Waals surface area contributed by atoms with E-state index in [9.17, 15) is 14.4 Å². The fraction of sp³-hybridized carbons (Fsp3) is 0.783. The minimum absolute atomic E-state index is 0.0353. The number of Topliss-reactive ketones (excluding diaryl/α,β-unsaturated/α-hetero) is 2. The van der Waals surface area contributed by atoms with Gasteiger partial charge in [0, 0.05) is 31.6 Å². The highest BCUT2D eigenvalue weighted by Crippen LogP contribution is 2.39. The Morgan fingerprint density at radius 1 is 1.04 bits per heavy atom. The van der Waals surface area contributed by atoms with E-state index in [1.807, 2.05) is 12.2 Å². The van der Waals surface area contributed by atoms with E-state index in [4.69, 9.17) is 5.11 Å². The van der Waals surface area contributed by atoms with Crippen LogP contribution in [0.25, 0.3) is 0 Å². The van der Waals surface area contributed by atoms with E-state index >= 15 is 0 Å². The normalized spacial score (nSPS) is 22.6. The van der Waals surface area contributed by atoms with E-state index in [0.717, 1.165) is 32.1 Å². The van der Waals surface area contributed by atoms with Gasteiger partial charge in [0.1, 0.15) is 11.6 Å². The maximum absolute atomic E-state index is 12.3. The summed E-state index contributed by atoms with van der Waals surface area (Å²) in [6.07, 6.45) is 14.9. The smallest absolute Gasteiger partial charge is 0.303 e. The molecule has 0 bridgehead atoms. The molecule has 0 aromatic rings. The summed E-state index contributed by atoms with van der Waals surface area (Å²) in [6.45, 7) is 4.32. The molecule has 4 nitrogen and oxygen atoms in total. The van der Waals surface area contributed by atoms with Gasteiger partial charge in [-0.1, -0.05) is 51.7 Å². The van der Waals surface area contributed by atoms with Crippen molar-refractivity contribution in [2.75, 3.05) is 0 Å². The number of rotatable bonds is 15. The van der Waals surface area contributed by atoms with Gasteiger partial charge in [0.15, 0.2) is 0 Å². The zero-order valence-electron chi connectivity index (χ0n) is 17.3. The summed E-state index contributed by atoms with van der Waals surface area (Å²) < 4.78 is 0. The summed E-state index contributed by atoms with van der Waals surface area (Å²) >= 11 is 0. The lowest BCUT2D eigenvalue weighted by atomic mass is 9.83. The van der Waals surface area contributed by atoms with E-state index in [0.29, 0.717) is 49.1 Å². The third-order valence-electron chi connectivity index (χ3n) is 5.82. The molecule has 0 radical (unpaired) electrons. The van der Waals surface area contributed by atoms with Crippen LogP contribution >= 0.6 is 0 Å². The van der Waals surface area contributed by atoms with Crippen molar-refractivity contribution in [1.29, 1.82) is 0 Å². The van der Waals surface area contributed by atoms with Crippen molar-refractivity contribution in [3.05, 3.63) is 12.2 Å². The highest BCUT2D eigenvalue weighted by atomic mass is 16.4. The summed E-state index contributed by atoms with van der Waals surface area (Å²) in [6, 6.07) is 0. The average Bonchev–Trinajstić information content (AvgIpc) is 2.88. The number of carbonyl (C=O) groups excluding carboxylic acids is 2. The molecule has 0 aliphatic heterocycles. The minimum Gasteiger partial charge on any atom is -0.481 e. The number of carbonyl (C=O) groups is 3. The number of allylic oxidation sites excluding steroid dienone is 2. The number of carboxylic acids is 1. The predicted octanol–water partition coefficient (Wildman–Crippen LogP) is 5.74. The van der Waals surface area contributed by atoms with Crippen molar-refractivity contribution in [2.24, 2.45) is 17.8 Å². The van der Waals surface area contributed by atoms with Gasteiger partial charge < -0.3 is 5.11 Å². The molecule has 27 heavy (non-hydrogen) atoms. The van der Waals surface area contributed by atoms with Crippen molar-refractivity contribution in [3.63, 3.8) is 0 Å². The van der Waals surface area contributed by atoms with E-state index < -0.39 is 5.97 Å². The lowest BCUT2D eigenvalue weighted by Crippen LogP contribution is -2.17. The molecule has 3 atom stereocenters. The largest absolute Gasteiger partial charge is 0.481 e. The molecule has 0 amide bonds. The average molecular weight is 379 g/mol. The van der Waals surface area contributed by atoms with Gasteiger partial charge in [0.25, 0.3) is 0 Å². The van der Waals surface area contributed by atoms with E-state index in [-0.39, 0.29) is 12.3 Å². The zero-order chi connectivity index (χ0) is 20.1. The van der Waals surface area contributed by atoms with Crippen molar-refractivity contribution < 1.29 is 19.5 Å². The molecule has 0 aromatic carbocycles. The van der Waals surface area contributed by atoms with Gasteiger partial charge in [-0.2, -0.15) is 0 Å². The number of carboxylic acid groups (broad SMARTS) is 1. The Kier molecular flexibility index (Phi) is 12.0. The molecule has 0 saturated heterocycles. The zero-order valence-corrected chi connectivity index (χ0v) is 17.3. The van der Waals surface area contributed by atoms with Crippen LogP contribution in [0.4, 0.5) is 0 Å². The second-order valence-electron chi connectivity index (χ2n) is 8.15. The maximum atomic E-state index is 12.3. The minimum atomic E-state index is -0.765. The highest BCUT2D eigenvalue weighted by Gasteiger charge is 2.38. The molecule has 0 spiro atoms. The first-order chi connectivity index (χ1) is 13.0. The van der Waals surface area contributed by atoms with Crippen LogP contribution in [-0.2, 0) is 14.4 Å². The molecular weight excluding hydrogens is 340 g/mol. The van der Waals surface area contributed by atoms with Crippen molar-refractivity contribution in [1.82, 2.24) is 0 Å². The Morgan fingerprint density at radius 3 is 2.48 bits per heavy atom. The fourth-order valence-corrected chi connectivity index (χ4v) is 4.16. The second kappa shape index (κ2) is 13.7. The topological polar surface area (TPSA) is 71.4 Å². The molecule has 154 valence electrons. The van der Waals surface area contributed by atoms with Gasteiger partial charge >= 0.3 is 5.97 Å². The lowest BCUT2D eigenvalue weighted by molar-refractivity contribution is -0.137. The number of hydrogen-bond acceptors (Lipinski definition) is 3. The molecule has 1 rings (SSSR count). The molecule has 1 aliphatic rings. The summed E-state index contributed by atoms with van der Waals surface area (Å²) in [4.78, 5) is 35.0. The summed E-state index contributed by atoms with van der Waals surface area (Å²) in [7, 11) is 0. The summed E-state index contributed by atoms with van der Waals surface area (Å²) in [5, 5.41) is 8.64. The Labute approximate surface area is 164 Å². The molecule has 4 heteroatoms. The first-order valence-electron chi connectivity index (χ1n) is 10.9. The van der Waals surface area contributed by atoms with Crippen LogP contribution < -0.4 is 0 Å². The molecule has 0 unspecified atom stereocenters. The Balaban J connectivity index is 2.33. The van der Waals surface area contributed by atoms with Crippen LogP contribution in [-0.4, -0.2) is 22.6 Å². The summed E-state index contributed by atoms with van der Waals surface area (Å²) in [5.41, 5.74) is 0. The third-order valence-corrected chi connectivity index (χ3v) is 5.82. The molecule has 1 aliphatic carbocycles. The van der Waals surface area contributed by atoms with Crippen LogP contribution in [0, 0.1) is 17.8 Å². The lowest BCUT2D eigenvalue weighted by Gasteiger charge is -2.20. The van der Waals surface area contributed by atoms with Gasteiger partial charge in [-0.05, 0) is 43.9 Å². The molecule has 0 heterocycles. The molecule has 1 N–H and O–H groups in total. The number of ketones is 2. The highest BCUT2D eigenvalue weighted by molar-refractivity contribution is 5.84. The van der Waals surface area contributed by atoms with E-state index in [1.165, 1.54) is 19.3 Å². The molecule has 1 fully saturated rings. The van der Waals surface area contributed by atoms with Crippen molar-refractivity contribution >= 4 is 17.5 Å². The SMILES string of the molecule is CCCCCCCC(=O)CC[C@H]1[C@@H](C)CC(=O)[C@@H]1CC=CCCCC(=O)O. The maximum Gasteiger partial charge on any atom is 0.303 e. The van der Waals surface area contributed by atoms with Crippen molar-refractivity contribution in [2.45, 2.75) is 97.3 Å². The molecule has 1 saturated carbocycles. The first kappa shape index (κ1) is 23.6. The first-order valence-corrected chi connectivity index (χ1v) is 10.9. The van der Waals surface area contributed by atoms with Crippen molar-refractivity contribution in [3.8, 4) is 0 Å². The van der Waals surface area contributed by atoms with Crippen LogP contribution in [0.3, 0.4) is 0 Å². The summed E-state index contributed by atoms with van der Waals surface area (Å²) in [5.74, 6) is 0.618. The van der Waals surface area contributed by atoms with Gasteiger partial charge in [-0.3, -0.25) is 14.4 Å². The Hall–Kier alpha value is -1.45.